The van der Waals surface area contributed by atoms with Crippen molar-refractivity contribution in [1.29, 1.82) is 0 Å². The molecule has 0 saturated heterocycles. The molecule has 0 spiro atoms. The third kappa shape index (κ3) is 3.16. The molecule has 0 bridgehead atoms. The van der Waals surface area contributed by atoms with Crippen molar-refractivity contribution >= 4 is 29.6 Å². The molecule has 2 nitrogen and oxygen atoms in total. The van der Waals surface area contributed by atoms with E-state index in [2.05, 4.69) is 13.9 Å². The lowest BCUT2D eigenvalue weighted by Gasteiger charge is -1.95. The molecule has 1 unspecified atom stereocenters. The summed E-state index contributed by atoms with van der Waals surface area (Å²) in [5, 5.41) is 0.705. The van der Waals surface area contributed by atoms with Gasteiger partial charge in [-0.25, -0.2) is 4.52 Å². The second-order valence-electron chi connectivity index (χ2n) is 1.74. The van der Waals surface area contributed by atoms with Crippen LogP contribution >= 0.6 is 29.6 Å². The quantitative estimate of drug-likeness (QED) is 0.677. The van der Waals surface area contributed by atoms with Crippen molar-refractivity contribution in [1.82, 2.24) is 0 Å². The molecule has 1 aromatic rings. The Labute approximate surface area is 74.1 Å². The van der Waals surface area contributed by atoms with Crippen LogP contribution in [0.3, 0.4) is 0 Å². The van der Waals surface area contributed by atoms with Gasteiger partial charge in [0.1, 0.15) is 5.75 Å². The summed E-state index contributed by atoms with van der Waals surface area (Å²) in [5.74, 6) is 0.766. The Balaban J connectivity index is 2.66. The van der Waals surface area contributed by atoms with Gasteiger partial charge in [0, 0.05) is 5.02 Å². The van der Waals surface area contributed by atoms with Crippen molar-refractivity contribution in [3.05, 3.63) is 29.3 Å². The van der Waals surface area contributed by atoms with Gasteiger partial charge in [0.05, 0.1) is 0 Å². The number of nitrogens with zero attached hydrogens (tertiary/aromatic N) is 1. The summed E-state index contributed by atoms with van der Waals surface area (Å²) in [5.41, 5.74) is 0. The Morgan fingerprint density at radius 1 is 1.36 bits per heavy atom. The third-order valence-corrected chi connectivity index (χ3v) is 1.93. The standard InChI is InChI=1S/C6H6ClNOP2/c7-5-1-3-6(4-2-5)9-11-8-10/h1-4H,10H2. The highest BCUT2D eigenvalue weighted by atomic mass is 35.5. The van der Waals surface area contributed by atoms with Crippen LogP contribution in [-0.4, -0.2) is 0 Å². The van der Waals surface area contributed by atoms with Crippen molar-refractivity contribution in [2.75, 3.05) is 0 Å². The first-order valence-corrected chi connectivity index (χ1v) is 4.51. The fraction of sp³-hybridized carbons (Fsp3) is 0. The fourth-order valence-corrected chi connectivity index (χ4v) is 1.10. The molecule has 0 radical (unpaired) electrons. The summed E-state index contributed by atoms with van der Waals surface area (Å²) >= 11 is 5.66. The van der Waals surface area contributed by atoms with Crippen molar-refractivity contribution in [3.8, 4) is 5.75 Å². The molecule has 1 aromatic carbocycles. The van der Waals surface area contributed by atoms with Crippen molar-refractivity contribution in [2.45, 2.75) is 0 Å². The van der Waals surface area contributed by atoms with Crippen molar-refractivity contribution in [3.63, 3.8) is 0 Å². The lowest BCUT2D eigenvalue weighted by molar-refractivity contribution is 0.639. The molecular formula is C6H6ClNOP2. The molecule has 0 saturated carbocycles. The lowest BCUT2D eigenvalue weighted by atomic mass is 10.3. The topological polar surface area (TPSA) is 21.6 Å². The zero-order valence-electron chi connectivity index (χ0n) is 5.57. The number of benzene rings is 1. The van der Waals surface area contributed by atoms with E-state index in [4.69, 9.17) is 16.1 Å². The minimum atomic E-state index is 0.573. The molecule has 1 atom stereocenters. The van der Waals surface area contributed by atoms with Gasteiger partial charge in [-0.3, -0.25) is 0 Å². The van der Waals surface area contributed by atoms with E-state index < -0.39 is 0 Å². The average Bonchev–Trinajstić information content (AvgIpc) is 2.04. The van der Waals surface area contributed by atoms with E-state index in [9.17, 15) is 0 Å². The van der Waals surface area contributed by atoms with Gasteiger partial charge < -0.3 is 4.52 Å². The predicted molar refractivity (Wildman–Crippen MR) is 51.1 cm³/mol. The average molecular weight is 206 g/mol. The number of hydrogen-bond donors (Lipinski definition) is 0. The van der Waals surface area contributed by atoms with Gasteiger partial charge in [0.25, 0.3) is 0 Å². The molecule has 0 fully saturated rings. The second kappa shape index (κ2) is 4.66. The predicted octanol–water partition coefficient (Wildman–Crippen LogP) is 3.55. The largest absolute Gasteiger partial charge is 0.423 e. The van der Waals surface area contributed by atoms with Gasteiger partial charge in [-0.1, -0.05) is 11.6 Å². The van der Waals surface area contributed by atoms with Crippen LogP contribution in [0, 0.1) is 0 Å². The van der Waals surface area contributed by atoms with Crippen molar-refractivity contribution in [2.24, 2.45) is 4.52 Å². The summed E-state index contributed by atoms with van der Waals surface area (Å²) in [7, 11) is 2.79. The van der Waals surface area contributed by atoms with Gasteiger partial charge in [0.2, 0.25) is 8.60 Å². The maximum atomic E-state index is 5.66. The molecule has 0 heterocycles. The smallest absolute Gasteiger partial charge is 0.245 e. The van der Waals surface area contributed by atoms with Crippen LogP contribution in [-0.2, 0) is 0 Å². The van der Waals surface area contributed by atoms with Crippen LogP contribution in [0.25, 0.3) is 0 Å². The van der Waals surface area contributed by atoms with E-state index in [-0.39, 0.29) is 0 Å². The first-order chi connectivity index (χ1) is 5.33. The van der Waals surface area contributed by atoms with E-state index >= 15 is 0 Å². The Morgan fingerprint density at radius 2 is 2.00 bits per heavy atom. The number of rotatable bonds is 2. The van der Waals surface area contributed by atoms with Gasteiger partial charge in [-0.05, 0) is 33.7 Å². The zero-order chi connectivity index (χ0) is 8.10. The maximum Gasteiger partial charge on any atom is 0.245 e. The first-order valence-electron chi connectivity index (χ1n) is 2.86. The zero-order valence-corrected chi connectivity index (χ0v) is 8.37. The van der Waals surface area contributed by atoms with E-state index in [1.54, 1.807) is 24.3 Å². The van der Waals surface area contributed by atoms with Gasteiger partial charge in [0.15, 0.2) is 0 Å². The maximum absolute atomic E-state index is 5.66. The lowest BCUT2D eigenvalue weighted by Crippen LogP contribution is -1.72. The minimum absolute atomic E-state index is 0.573. The van der Waals surface area contributed by atoms with Crippen LogP contribution in [0.15, 0.2) is 28.8 Å². The molecule has 0 amide bonds. The number of hydrogen-bond acceptors (Lipinski definition) is 2. The monoisotopic (exact) mass is 205 g/mol. The normalized spacial score (nSPS) is 10.4. The number of halogens is 1. The van der Waals surface area contributed by atoms with Crippen LogP contribution in [0.4, 0.5) is 0 Å². The summed E-state index contributed by atoms with van der Waals surface area (Å²) in [6.45, 7) is 0. The Bertz CT molecular complexity index is 249. The minimum Gasteiger partial charge on any atom is -0.423 e. The van der Waals surface area contributed by atoms with Crippen LogP contribution in [0.2, 0.25) is 5.02 Å². The summed E-state index contributed by atoms with van der Waals surface area (Å²) in [4.78, 5) is 0. The molecule has 0 aliphatic rings. The van der Waals surface area contributed by atoms with Gasteiger partial charge in [-0.15, -0.1) is 0 Å². The highest BCUT2D eigenvalue weighted by molar-refractivity contribution is 7.31. The molecule has 0 aliphatic heterocycles. The van der Waals surface area contributed by atoms with E-state index in [0.29, 0.717) is 13.6 Å². The molecule has 5 heteroatoms. The highest BCUT2D eigenvalue weighted by Gasteiger charge is 1.90. The SMILES string of the molecule is PN=POc1ccc(Cl)cc1. The van der Waals surface area contributed by atoms with Crippen LogP contribution < -0.4 is 4.52 Å². The molecule has 1 rings (SSSR count). The van der Waals surface area contributed by atoms with Crippen LogP contribution in [0.5, 0.6) is 5.75 Å². The fourth-order valence-electron chi connectivity index (χ4n) is 0.566. The summed E-state index contributed by atoms with van der Waals surface area (Å²) in [6, 6.07) is 7.14. The highest BCUT2D eigenvalue weighted by Crippen LogP contribution is 2.19. The summed E-state index contributed by atoms with van der Waals surface area (Å²) < 4.78 is 8.82. The molecule has 0 N–H and O–H groups in total. The third-order valence-electron chi connectivity index (χ3n) is 1.01. The molecule has 0 aliphatic carbocycles. The van der Waals surface area contributed by atoms with E-state index in [0.717, 1.165) is 5.75 Å². The van der Waals surface area contributed by atoms with Gasteiger partial charge >= 0.3 is 0 Å². The summed E-state index contributed by atoms with van der Waals surface area (Å²) in [6.07, 6.45) is 0. The van der Waals surface area contributed by atoms with Crippen LogP contribution in [0.1, 0.15) is 0 Å². The molecule has 0 aromatic heterocycles. The van der Waals surface area contributed by atoms with E-state index in [1.807, 2.05) is 0 Å². The Hall–Kier alpha value is -0.160. The Morgan fingerprint density at radius 3 is 2.55 bits per heavy atom. The van der Waals surface area contributed by atoms with Gasteiger partial charge in [-0.2, -0.15) is 0 Å². The molecule has 58 valence electrons. The Kier molecular flexibility index (Phi) is 3.79. The molecular weight excluding hydrogens is 199 g/mol. The van der Waals surface area contributed by atoms with E-state index in [1.165, 1.54) is 0 Å². The first kappa shape index (κ1) is 8.93. The molecule has 11 heavy (non-hydrogen) atoms. The van der Waals surface area contributed by atoms with Crippen molar-refractivity contribution < 1.29 is 4.52 Å². The second-order valence-corrected chi connectivity index (χ2v) is 3.45.